The lowest BCUT2D eigenvalue weighted by atomic mass is 10.3. The van der Waals surface area contributed by atoms with E-state index in [1.54, 1.807) is 6.92 Å². The van der Waals surface area contributed by atoms with Gasteiger partial charge in [-0.05, 0) is 6.42 Å². The molecule has 0 radical (unpaired) electrons. The molecule has 0 aliphatic rings. The van der Waals surface area contributed by atoms with E-state index in [2.05, 4.69) is 31.7 Å². The molecule has 2 aromatic heterocycles. The summed E-state index contributed by atoms with van der Waals surface area (Å²) in [6.07, 6.45) is 1.97. The number of hydrogen-bond donors (Lipinski definition) is 1. The number of anilines is 1. The molecule has 2 rings (SSSR count). The molecule has 0 bridgehead atoms. The highest BCUT2D eigenvalue weighted by Crippen LogP contribution is 2.12. The van der Waals surface area contributed by atoms with Gasteiger partial charge < -0.3 is 9.84 Å². The Morgan fingerprint density at radius 1 is 1.31 bits per heavy atom. The summed E-state index contributed by atoms with van der Waals surface area (Å²) in [6.45, 7) is 4.38. The molecule has 2 heterocycles. The van der Waals surface area contributed by atoms with Crippen LogP contribution in [0.25, 0.3) is 0 Å². The predicted octanol–water partition coefficient (Wildman–Crippen LogP) is 1.79. The molecule has 0 saturated carbocycles. The van der Waals surface area contributed by atoms with Crippen molar-refractivity contribution in [3.63, 3.8) is 0 Å². The Kier molecular flexibility index (Phi) is 3.45. The van der Waals surface area contributed by atoms with Crippen molar-refractivity contribution in [3.05, 3.63) is 17.5 Å². The number of rotatable bonds is 5. The lowest BCUT2D eigenvalue weighted by molar-refractivity contribution is 0.388. The van der Waals surface area contributed by atoms with Crippen LogP contribution in [0.2, 0.25) is 0 Å². The van der Waals surface area contributed by atoms with Crippen LogP contribution in [-0.2, 0) is 13.0 Å². The zero-order chi connectivity index (χ0) is 11.4. The van der Waals surface area contributed by atoms with Crippen molar-refractivity contribution in [1.82, 2.24) is 19.5 Å². The summed E-state index contributed by atoms with van der Waals surface area (Å²) < 4.78 is 9.09. The second-order valence-corrected chi connectivity index (χ2v) is 4.10. The Morgan fingerprint density at radius 3 is 2.88 bits per heavy atom. The van der Waals surface area contributed by atoms with Gasteiger partial charge in [-0.15, -0.1) is 0 Å². The predicted molar refractivity (Wildman–Crippen MR) is 60.3 cm³/mol. The fraction of sp³-hybridized carbons (Fsp3) is 0.556. The first kappa shape index (κ1) is 11.0. The molecule has 0 amide bonds. The molecule has 7 heteroatoms. The van der Waals surface area contributed by atoms with Crippen LogP contribution in [0.15, 0.2) is 4.52 Å². The normalized spacial score (nSPS) is 10.6. The third kappa shape index (κ3) is 2.75. The summed E-state index contributed by atoms with van der Waals surface area (Å²) >= 11 is 1.36. The summed E-state index contributed by atoms with van der Waals surface area (Å²) in [5.74, 6) is 2.09. The van der Waals surface area contributed by atoms with Crippen LogP contribution in [-0.4, -0.2) is 19.5 Å². The van der Waals surface area contributed by atoms with E-state index in [1.165, 1.54) is 11.5 Å². The molecular weight excluding hydrogens is 226 g/mol. The van der Waals surface area contributed by atoms with E-state index < -0.39 is 0 Å². The zero-order valence-electron chi connectivity index (χ0n) is 9.23. The minimum absolute atomic E-state index is 0.512. The lowest BCUT2D eigenvalue weighted by Crippen LogP contribution is -2.01. The van der Waals surface area contributed by atoms with Crippen molar-refractivity contribution in [1.29, 1.82) is 0 Å². The Morgan fingerprint density at radius 2 is 2.19 bits per heavy atom. The van der Waals surface area contributed by atoms with Gasteiger partial charge in [0, 0.05) is 24.9 Å². The molecule has 16 heavy (non-hydrogen) atoms. The fourth-order valence-electron chi connectivity index (χ4n) is 1.22. The summed E-state index contributed by atoms with van der Waals surface area (Å²) in [4.78, 5) is 8.42. The van der Waals surface area contributed by atoms with Gasteiger partial charge in [0.25, 0.3) is 0 Å². The van der Waals surface area contributed by atoms with Crippen LogP contribution in [0.4, 0.5) is 5.13 Å². The maximum absolute atomic E-state index is 4.86. The molecule has 0 fully saturated rings. The van der Waals surface area contributed by atoms with Crippen LogP contribution in [0, 0.1) is 6.92 Å². The van der Waals surface area contributed by atoms with Gasteiger partial charge in [-0.2, -0.15) is 9.36 Å². The van der Waals surface area contributed by atoms with Crippen LogP contribution in [0.5, 0.6) is 0 Å². The van der Waals surface area contributed by atoms with Crippen LogP contribution in [0.1, 0.15) is 30.9 Å². The molecule has 0 aromatic carbocycles. The highest BCUT2D eigenvalue weighted by molar-refractivity contribution is 7.09. The minimum atomic E-state index is 0.512. The van der Waals surface area contributed by atoms with Gasteiger partial charge in [0.1, 0.15) is 5.82 Å². The Labute approximate surface area is 97.3 Å². The van der Waals surface area contributed by atoms with Gasteiger partial charge in [-0.25, -0.2) is 4.98 Å². The summed E-state index contributed by atoms with van der Waals surface area (Å²) in [5.41, 5.74) is 0. The monoisotopic (exact) mass is 239 g/mol. The molecule has 0 saturated heterocycles. The van der Waals surface area contributed by atoms with E-state index in [1.807, 2.05) is 0 Å². The van der Waals surface area contributed by atoms with E-state index in [-0.39, 0.29) is 0 Å². The van der Waals surface area contributed by atoms with Crippen molar-refractivity contribution in [3.8, 4) is 0 Å². The van der Waals surface area contributed by atoms with E-state index in [4.69, 9.17) is 4.52 Å². The molecule has 0 unspecified atom stereocenters. The number of aryl methyl sites for hydroxylation is 2. The van der Waals surface area contributed by atoms with Gasteiger partial charge in [0.15, 0.2) is 5.82 Å². The van der Waals surface area contributed by atoms with Crippen molar-refractivity contribution < 1.29 is 4.52 Å². The Balaban J connectivity index is 1.89. The third-order valence-corrected chi connectivity index (χ3v) is 2.62. The van der Waals surface area contributed by atoms with Gasteiger partial charge in [0.05, 0.1) is 6.54 Å². The van der Waals surface area contributed by atoms with Gasteiger partial charge in [0.2, 0.25) is 11.0 Å². The Bertz CT molecular complexity index is 452. The van der Waals surface area contributed by atoms with Gasteiger partial charge in [-0.1, -0.05) is 12.1 Å². The van der Waals surface area contributed by atoms with Crippen molar-refractivity contribution in [2.75, 3.05) is 5.32 Å². The van der Waals surface area contributed by atoms with E-state index >= 15 is 0 Å². The van der Waals surface area contributed by atoms with Gasteiger partial charge in [-0.3, -0.25) is 0 Å². The number of nitrogens with one attached hydrogen (secondary N) is 1. The number of aromatic nitrogens is 4. The molecule has 1 N–H and O–H groups in total. The van der Waals surface area contributed by atoms with Crippen LogP contribution in [0.3, 0.4) is 0 Å². The summed E-state index contributed by atoms with van der Waals surface area (Å²) in [5, 5.41) is 7.69. The van der Waals surface area contributed by atoms with E-state index in [9.17, 15) is 0 Å². The van der Waals surface area contributed by atoms with E-state index in [0.29, 0.717) is 18.3 Å². The molecule has 2 aromatic rings. The van der Waals surface area contributed by atoms with Crippen LogP contribution < -0.4 is 5.32 Å². The first-order valence-corrected chi connectivity index (χ1v) is 5.91. The summed E-state index contributed by atoms with van der Waals surface area (Å²) in [7, 11) is 0. The maximum atomic E-state index is 4.86. The highest BCUT2D eigenvalue weighted by atomic mass is 32.1. The third-order valence-electron chi connectivity index (χ3n) is 1.91. The van der Waals surface area contributed by atoms with Gasteiger partial charge >= 0.3 is 0 Å². The number of nitrogens with zero attached hydrogens (tertiary/aromatic N) is 4. The second-order valence-electron chi connectivity index (χ2n) is 3.35. The molecule has 0 atom stereocenters. The zero-order valence-corrected chi connectivity index (χ0v) is 10.0. The van der Waals surface area contributed by atoms with Crippen molar-refractivity contribution in [2.24, 2.45) is 0 Å². The highest BCUT2D eigenvalue weighted by Gasteiger charge is 2.05. The van der Waals surface area contributed by atoms with Crippen molar-refractivity contribution >= 4 is 16.7 Å². The SMILES string of the molecule is CCCc1nsc(NCc2noc(C)n2)n1. The second kappa shape index (κ2) is 5.02. The first-order chi connectivity index (χ1) is 7.78. The lowest BCUT2D eigenvalue weighted by Gasteiger charge is -1.95. The molecule has 0 aliphatic carbocycles. The average molecular weight is 239 g/mol. The van der Waals surface area contributed by atoms with Crippen LogP contribution >= 0.6 is 11.5 Å². The average Bonchev–Trinajstić information content (AvgIpc) is 2.85. The largest absolute Gasteiger partial charge is 0.353 e. The van der Waals surface area contributed by atoms with Crippen molar-refractivity contribution in [2.45, 2.75) is 33.2 Å². The Hall–Kier alpha value is -1.50. The molecule has 0 spiro atoms. The number of hydrogen-bond acceptors (Lipinski definition) is 7. The smallest absolute Gasteiger partial charge is 0.223 e. The molecule has 86 valence electrons. The fourth-order valence-corrected chi connectivity index (χ4v) is 1.83. The summed E-state index contributed by atoms with van der Waals surface area (Å²) in [6, 6.07) is 0. The quantitative estimate of drug-likeness (QED) is 0.857. The molecular formula is C9H13N5OS. The molecule has 6 nitrogen and oxygen atoms in total. The topological polar surface area (TPSA) is 76.7 Å². The van der Waals surface area contributed by atoms with E-state index in [0.717, 1.165) is 23.8 Å². The standard InChI is InChI=1S/C9H13N5OS/c1-3-4-7-12-9(16-14-7)10-5-8-11-6(2)15-13-8/h3-5H2,1-2H3,(H,10,12,14). The maximum Gasteiger partial charge on any atom is 0.223 e. The molecule has 0 aliphatic heterocycles. The minimum Gasteiger partial charge on any atom is -0.353 e. The first-order valence-electron chi connectivity index (χ1n) is 5.13.